The molecule has 10 aromatic carbocycles. The number of benzene rings is 10. The van der Waals surface area contributed by atoms with Crippen LogP contribution in [0.3, 0.4) is 0 Å². The van der Waals surface area contributed by atoms with Crippen LogP contribution in [0.4, 0.5) is 0 Å². The van der Waals surface area contributed by atoms with Crippen molar-refractivity contribution >= 4 is 65.0 Å². The monoisotopic (exact) mass is 692 g/mol. The van der Waals surface area contributed by atoms with E-state index in [1.54, 1.807) is 0 Å². The van der Waals surface area contributed by atoms with Gasteiger partial charge in [-0.2, -0.15) is 0 Å². The largest absolute Gasteiger partial charge is 0.455 e. The Balaban J connectivity index is 1.17. The van der Waals surface area contributed by atoms with Gasteiger partial charge in [0.15, 0.2) is 0 Å². The van der Waals surface area contributed by atoms with Gasteiger partial charge in [-0.3, -0.25) is 0 Å². The predicted molar refractivity (Wildman–Crippen MR) is 229 cm³/mol. The van der Waals surface area contributed by atoms with Gasteiger partial charge < -0.3 is 4.42 Å². The van der Waals surface area contributed by atoms with Crippen LogP contribution in [0, 0.1) is 0 Å². The minimum absolute atomic E-state index is 0.0887. The van der Waals surface area contributed by atoms with E-state index in [1.807, 2.05) is 91.0 Å². The van der Waals surface area contributed by atoms with E-state index in [4.69, 9.17) is 7.16 Å². The minimum Gasteiger partial charge on any atom is -0.455 e. The topological polar surface area (TPSA) is 13.1 Å². The normalized spacial score (nSPS) is 13.3. The zero-order valence-electron chi connectivity index (χ0n) is 35.1. The third kappa shape index (κ3) is 4.79. The first-order valence-corrected chi connectivity index (χ1v) is 18.2. The summed E-state index contributed by atoms with van der Waals surface area (Å²) in [6, 6.07) is 51.6. The molecule has 0 saturated heterocycles. The second-order valence-corrected chi connectivity index (χ2v) is 13.9. The maximum Gasteiger partial charge on any atom is 0.143 e. The van der Waals surface area contributed by atoms with Crippen molar-refractivity contribution in [2.75, 3.05) is 0 Å². The van der Waals surface area contributed by atoms with E-state index in [-0.39, 0.29) is 53.0 Å². The fourth-order valence-corrected chi connectivity index (χ4v) is 8.47. The lowest BCUT2D eigenvalue weighted by molar-refractivity contribution is 0.670. The summed E-state index contributed by atoms with van der Waals surface area (Å²) in [5.74, 6) is 0. The van der Waals surface area contributed by atoms with Crippen LogP contribution in [0.15, 0.2) is 198 Å². The molecule has 54 heavy (non-hydrogen) atoms. The van der Waals surface area contributed by atoms with Crippen LogP contribution in [0.2, 0.25) is 0 Å². The molecule has 252 valence electrons. The Hall–Kier alpha value is -6.96. The van der Waals surface area contributed by atoms with E-state index in [2.05, 4.69) is 66.7 Å². The Morgan fingerprint density at radius 1 is 0.407 bits per heavy atom. The molecule has 0 amide bonds. The fourth-order valence-electron chi connectivity index (χ4n) is 8.47. The van der Waals surface area contributed by atoms with Gasteiger partial charge in [-0.1, -0.05) is 182 Å². The average molecular weight is 693 g/mol. The first-order chi connectivity index (χ1) is 29.3. The van der Waals surface area contributed by atoms with E-state index >= 15 is 0 Å². The molecule has 11 rings (SSSR count). The molecule has 11 aromatic rings. The number of hydrogen-bond donors (Lipinski definition) is 0. The molecule has 0 N–H and O–H groups in total. The summed E-state index contributed by atoms with van der Waals surface area (Å²) in [4.78, 5) is 0. The zero-order chi connectivity index (χ0) is 40.8. The van der Waals surface area contributed by atoms with Gasteiger partial charge in [-0.15, -0.1) is 0 Å². The molecule has 0 atom stereocenters. The number of rotatable bonds is 5. The first-order valence-electron chi connectivity index (χ1n) is 21.2. The molecule has 0 fully saturated rings. The molecular weight excluding hydrogens is 653 g/mol. The van der Waals surface area contributed by atoms with Gasteiger partial charge in [0.05, 0.1) is 8.22 Å². The van der Waals surface area contributed by atoms with Gasteiger partial charge in [0.1, 0.15) is 11.2 Å². The molecule has 1 heteroatoms. The van der Waals surface area contributed by atoms with Crippen molar-refractivity contribution in [3.05, 3.63) is 205 Å². The van der Waals surface area contributed by atoms with Crippen molar-refractivity contribution in [1.29, 1.82) is 0 Å². The first kappa shape index (κ1) is 25.1. The summed E-state index contributed by atoms with van der Waals surface area (Å²) in [6.45, 7) is 0. The highest BCUT2D eigenvalue weighted by Gasteiger charge is 2.19. The van der Waals surface area contributed by atoms with Gasteiger partial charge in [-0.05, 0) is 101 Å². The summed E-state index contributed by atoms with van der Waals surface area (Å²) in [6.07, 6.45) is 0.172. The van der Waals surface area contributed by atoms with Gasteiger partial charge in [0, 0.05) is 16.3 Å². The van der Waals surface area contributed by atoms with Crippen molar-refractivity contribution in [2.24, 2.45) is 0 Å². The van der Waals surface area contributed by atoms with Crippen LogP contribution in [0.1, 0.15) is 19.4 Å². The van der Waals surface area contributed by atoms with Crippen molar-refractivity contribution in [3.63, 3.8) is 0 Å². The maximum atomic E-state index is 9.74. The van der Waals surface area contributed by atoms with Crippen molar-refractivity contribution in [3.8, 4) is 33.4 Å². The number of furan rings is 1. The van der Waals surface area contributed by atoms with E-state index in [9.17, 15) is 5.48 Å². The molecular formula is C53H34O. The standard InChI is InChI=1S/C53H34O/c1-2-15-35(16-3-1)52-46-23-10-8-21-42(46)50(43-22-9-11-24-47(43)52)32-36-28-30-44(41-20-7-6-19-40(36)41)48-26-13-27-49-45-31-29-37(33-51(45)54-53(48)49)39-25-12-17-34-14-4-5-18-38(34)39/h1-31,33H,32H2/i6D,7D,19D,20D,28D,30D. The molecule has 0 aliphatic rings. The Kier molecular flexibility index (Phi) is 5.73. The summed E-state index contributed by atoms with van der Waals surface area (Å²) in [7, 11) is 0. The lowest BCUT2D eigenvalue weighted by Gasteiger charge is -2.18. The van der Waals surface area contributed by atoms with Crippen LogP contribution >= 0.6 is 0 Å². The lowest BCUT2D eigenvalue weighted by Crippen LogP contribution is -1.97. The summed E-state index contributed by atoms with van der Waals surface area (Å²) in [5, 5.41) is 8.45. The minimum atomic E-state index is -0.392. The van der Waals surface area contributed by atoms with Gasteiger partial charge in [0.25, 0.3) is 0 Å². The van der Waals surface area contributed by atoms with Gasteiger partial charge in [0.2, 0.25) is 0 Å². The third-order valence-corrected chi connectivity index (χ3v) is 10.9. The quantitative estimate of drug-likeness (QED) is 0.164. The molecule has 0 unspecified atom stereocenters. The van der Waals surface area contributed by atoms with Crippen LogP contribution in [0.5, 0.6) is 0 Å². The summed E-state index contributed by atoms with van der Waals surface area (Å²) in [5.41, 5.74) is 7.46. The molecule has 0 bridgehead atoms. The molecule has 0 spiro atoms. The van der Waals surface area contributed by atoms with E-state index in [0.717, 1.165) is 70.9 Å². The van der Waals surface area contributed by atoms with E-state index in [0.29, 0.717) is 22.3 Å². The molecule has 1 aromatic heterocycles. The van der Waals surface area contributed by atoms with Crippen LogP contribution in [0.25, 0.3) is 98.4 Å². The Morgan fingerprint density at radius 3 is 1.83 bits per heavy atom. The number of para-hydroxylation sites is 1. The molecule has 0 aliphatic carbocycles. The van der Waals surface area contributed by atoms with Crippen molar-refractivity contribution < 1.29 is 12.6 Å². The third-order valence-electron chi connectivity index (χ3n) is 10.9. The molecule has 0 aliphatic heterocycles. The van der Waals surface area contributed by atoms with Gasteiger partial charge in [-0.25, -0.2) is 0 Å². The Labute approximate surface area is 321 Å². The van der Waals surface area contributed by atoms with E-state index < -0.39 is 6.04 Å². The van der Waals surface area contributed by atoms with Crippen LogP contribution in [-0.4, -0.2) is 0 Å². The van der Waals surface area contributed by atoms with Crippen LogP contribution in [-0.2, 0) is 6.42 Å². The highest BCUT2D eigenvalue weighted by atomic mass is 16.3. The molecule has 0 saturated carbocycles. The fraction of sp³-hybridized carbons (Fsp3) is 0.0189. The SMILES string of the molecule is [2H]c1c([2H])c([2H])c2c(-c3cccc4c3oc3cc(-c5cccc6ccccc56)ccc34)c([2H])c([2H])c(Cc3c4ccccc4c(-c4ccccc4)c4ccccc34)c2c1[2H]. The second-order valence-electron chi connectivity index (χ2n) is 13.9. The maximum absolute atomic E-state index is 9.74. The Morgan fingerprint density at radius 2 is 1.04 bits per heavy atom. The number of hydrogen-bond acceptors (Lipinski definition) is 1. The zero-order valence-corrected chi connectivity index (χ0v) is 29.1. The predicted octanol–water partition coefficient (Wildman–Crippen LogP) is 14.8. The molecule has 1 nitrogen and oxygen atoms in total. The summed E-state index contributed by atoms with van der Waals surface area (Å²) < 4.78 is 62.7. The van der Waals surface area contributed by atoms with Gasteiger partial charge >= 0.3 is 0 Å². The molecule has 1 heterocycles. The van der Waals surface area contributed by atoms with Crippen molar-refractivity contribution in [2.45, 2.75) is 6.42 Å². The highest BCUT2D eigenvalue weighted by Crippen LogP contribution is 2.43. The Bertz CT molecular complexity index is 3530. The van der Waals surface area contributed by atoms with Crippen LogP contribution < -0.4 is 0 Å². The summed E-state index contributed by atoms with van der Waals surface area (Å²) >= 11 is 0. The second kappa shape index (κ2) is 12.3. The average Bonchev–Trinajstić information content (AvgIpc) is 3.67. The molecule has 0 radical (unpaired) electrons. The number of fused-ring (bicyclic) bond motifs is 7. The van der Waals surface area contributed by atoms with Crippen molar-refractivity contribution in [1.82, 2.24) is 0 Å². The van der Waals surface area contributed by atoms with E-state index in [1.165, 1.54) is 0 Å². The highest BCUT2D eigenvalue weighted by molar-refractivity contribution is 6.16. The lowest BCUT2D eigenvalue weighted by atomic mass is 9.85. The smallest absolute Gasteiger partial charge is 0.143 e.